The van der Waals surface area contributed by atoms with Gasteiger partial charge in [0.15, 0.2) is 5.78 Å². The highest BCUT2D eigenvalue weighted by atomic mass is 16.1. The molecule has 0 amide bonds. The van der Waals surface area contributed by atoms with Crippen LogP contribution in [0.4, 0.5) is 0 Å². The van der Waals surface area contributed by atoms with Crippen LogP contribution in [0.25, 0.3) is 10.8 Å². The first kappa shape index (κ1) is 12.3. The molecule has 1 aliphatic rings. The SMILES string of the molecule is O=C1c2ccccc2CC[C@@H]1c1ccc2ccccc2c1. The van der Waals surface area contributed by atoms with Gasteiger partial charge in [0.25, 0.3) is 0 Å². The van der Waals surface area contributed by atoms with Crippen molar-refractivity contribution in [3.05, 3.63) is 83.4 Å². The number of rotatable bonds is 1. The topological polar surface area (TPSA) is 17.1 Å². The van der Waals surface area contributed by atoms with Crippen LogP contribution < -0.4 is 0 Å². The molecule has 1 heteroatoms. The second-order valence-corrected chi connectivity index (χ2v) is 5.72. The predicted octanol–water partition coefficient (Wildman–Crippen LogP) is 4.75. The average molecular weight is 272 g/mol. The normalized spacial score (nSPS) is 17.7. The van der Waals surface area contributed by atoms with Crippen LogP contribution in [0.5, 0.6) is 0 Å². The summed E-state index contributed by atoms with van der Waals surface area (Å²) in [6.07, 6.45) is 1.90. The second-order valence-electron chi connectivity index (χ2n) is 5.72. The smallest absolute Gasteiger partial charge is 0.170 e. The van der Waals surface area contributed by atoms with Crippen LogP contribution >= 0.6 is 0 Å². The van der Waals surface area contributed by atoms with Crippen molar-refractivity contribution in [1.82, 2.24) is 0 Å². The minimum absolute atomic E-state index is 0.00417. The molecule has 3 aromatic carbocycles. The summed E-state index contributed by atoms with van der Waals surface area (Å²) in [6, 6.07) is 22.7. The molecule has 0 saturated heterocycles. The lowest BCUT2D eigenvalue weighted by Gasteiger charge is -2.23. The van der Waals surface area contributed by atoms with Gasteiger partial charge in [0.2, 0.25) is 0 Å². The monoisotopic (exact) mass is 272 g/mol. The van der Waals surface area contributed by atoms with E-state index in [0.29, 0.717) is 0 Å². The first-order valence-electron chi connectivity index (χ1n) is 7.44. The molecule has 0 fully saturated rings. The molecular weight excluding hydrogens is 256 g/mol. The number of aryl methyl sites for hydroxylation is 1. The van der Waals surface area contributed by atoms with Gasteiger partial charge in [-0.1, -0.05) is 66.7 Å². The minimum atomic E-state index is 0.00417. The van der Waals surface area contributed by atoms with Crippen LogP contribution in [0.1, 0.15) is 33.8 Å². The highest BCUT2D eigenvalue weighted by molar-refractivity contribution is 6.03. The first-order chi connectivity index (χ1) is 10.3. The molecule has 0 saturated carbocycles. The van der Waals surface area contributed by atoms with Gasteiger partial charge in [0, 0.05) is 11.5 Å². The number of ketones is 1. The minimum Gasteiger partial charge on any atom is -0.293 e. The van der Waals surface area contributed by atoms with Crippen molar-refractivity contribution in [2.24, 2.45) is 0 Å². The van der Waals surface area contributed by atoms with Gasteiger partial charge in [0.05, 0.1) is 0 Å². The Morgan fingerprint density at radius 3 is 2.48 bits per heavy atom. The number of carbonyl (C=O) groups excluding carboxylic acids is 1. The van der Waals surface area contributed by atoms with Crippen LogP contribution in [0.2, 0.25) is 0 Å². The predicted molar refractivity (Wildman–Crippen MR) is 85.8 cm³/mol. The fraction of sp³-hybridized carbons (Fsp3) is 0.150. The molecule has 0 unspecified atom stereocenters. The van der Waals surface area contributed by atoms with E-state index in [9.17, 15) is 4.79 Å². The van der Waals surface area contributed by atoms with Gasteiger partial charge in [-0.2, -0.15) is 0 Å². The van der Waals surface area contributed by atoms with Gasteiger partial charge in [-0.25, -0.2) is 0 Å². The van der Waals surface area contributed by atoms with Gasteiger partial charge < -0.3 is 0 Å². The summed E-state index contributed by atoms with van der Waals surface area (Å²) >= 11 is 0. The van der Waals surface area contributed by atoms with E-state index in [0.717, 1.165) is 24.0 Å². The summed E-state index contributed by atoms with van der Waals surface area (Å²) in [5, 5.41) is 2.44. The van der Waals surface area contributed by atoms with Gasteiger partial charge in [-0.3, -0.25) is 4.79 Å². The van der Waals surface area contributed by atoms with Crippen LogP contribution in [-0.2, 0) is 6.42 Å². The van der Waals surface area contributed by atoms with E-state index < -0.39 is 0 Å². The lowest BCUT2D eigenvalue weighted by molar-refractivity contribution is 0.0946. The van der Waals surface area contributed by atoms with E-state index in [-0.39, 0.29) is 11.7 Å². The van der Waals surface area contributed by atoms with Crippen molar-refractivity contribution >= 4 is 16.6 Å². The number of carbonyl (C=O) groups is 1. The average Bonchev–Trinajstić information content (AvgIpc) is 2.55. The molecular formula is C20H16O. The lowest BCUT2D eigenvalue weighted by atomic mass is 9.79. The summed E-state index contributed by atoms with van der Waals surface area (Å²) in [7, 11) is 0. The van der Waals surface area contributed by atoms with E-state index in [1.165, 1.54) is 16.3 Å². The Balaban J connectivity index is 1.78. The molecule has 1 aliphatic carbocycles. The summed E-state index contributed by atoms with van der Waals surface area (Å²) in [5.74, 6) is 0.275. The molecule has 1 nitrogen and oxygen atoms in total. The molecule has 0 aromatic heterocycles. The summed E-state index contributed by atoms with van der Waals surface area (Å²) in [5.41, 5.74) is 3.25. The maximum atomic E-state index is 12.8. The maximum Gasteiger partial charge on any atom is 0.170 e. The number of hydrogen-bond acceptors (Lipinski definition) is 1. The van der Waals surface area contributed by atoms with Crippen molar-refractivity contribution in [2.75, 3.05) is 0 Å². The largest absolute Gasteiger partial charge is 0.293 e. The molecule has 0 radical (unpaired) electrons. The van der Waals surface area contributed by atoms with E-state index in [4.69, 9.17) is 0 Å². The Hall–Kier alpha value is -2.41. The van der Waals surface area contributed by atoms with Crippen LogP contribution in [0.15, 0.2) is 66.7 Å². The molecule has 4 rings (SSSR count). The molecule has 21 heavy (non-hydrogen) atoms. The number of benzene rings is 3. The van der Waals surface area contributed by atoms with E-state index in [2.05, 4.69) is 36.4 Å². The molecule has 0 N–H and O–H groups in total. The highest BCUT2D eigenvalue weighted by Gasteiger charge is 2.28. The zero-order valence-electron chi connectivity index (χ0n) is 11.8. The summed E-state index contributed by atoms with van der Waals surface area (Å²) < 4.78 is 0. The molecule has 0 heterocycles. The highest BCUT2D eigenvalue weighted by Crippen LogP contribution is 2.33. The first-order valence-corrected chi connectivity index (χ1v) is 7.44. The summed E-state index contributed by atoms with van der Waals surface area (Å²) in [4.78, 5) is 12.8. The van der Waals surface area contributed by atoms with E-state index in [1.54, 1.807) is 0 Å². The van der Waals surface area contributed by atoms with Gasteiger partial charge >= 0.3 is 0 Å². The van der Waals surface area contributed by atoms with Crippen molar-refractivity contribution < 1.29 is 4.79 Å². The Labute approximate surface area is 124 Å². The van der Waals surface area contributed by atoms with Crippen LogP contribution in [0.3, 0.4) is 0 Å². The summed E-state index contributed by atoms with van der Waals surface area (Å²) in [6.45, 7) is 0. The Kier molecular flexibility index (Phi) is 2.85. The van der Waals surface area contributed by atoms with Gasteiger partial charge in [-0.05, 0) is 34.7 Å². The third-order valence-electron chi connectivity index (χ3n) is 4.48. The molecule has 0 bridgehead atoms. The third kappa shape index (κ3) is 2.06. The van der Waals surface area contributed by atoms with Crippen molar-refractivity contribution in [1.29, 1.82) is 0 Å². The fourth-order valence-corrected chi connectivity index (χ4v) is 3.34. The maximum absolute atomic E-state index is 12.8. The Bertz CT molecular complexity index is 832. The molecule has 1 atom stereocenters. The van der Waals surface area contributed by atoms with Gasteiger partial charge in [-0.15, -0.1) is 0 Å². The van der Waals surface area contributed by atoms with Crippen molar-refractivity contribution in [2.45, 2.75) is 18.8 Å². The van der Waals surface area contributed by atoms with E-state index in [1.807, 2.05) is 30.3 Å². The van der Waals surface area contributed by atoms with Crippen molar-refractivity contribution in [3.8, 4) is 0 Å². The Morgan fingerprint density at radius 1 is 0.810 bits per heavy atom. The zero-order valence-corrected chi connectivity index (χ0v) is 11.8. The number of fused-ring (bicyclic) bond motifs is 2. The zero-order chi connectivity index (χ0) is 14.2. The number of Topliss-reactive ketones (excluding diaryl/α,β-unsaturated/α-hetero) is 1. The third-order valence-corrected chi connectivity index (χ3v) is 4.48. The van der Waals surface area contributed by atoms with Gasteiger partial charge in [0.1, 0.15) is 0 Å². The molecule has 3 aromatic rings. The lowest BCUT2D eigenvalue weighted by Crippen LogP contribution is -2.20. The van der Waals surface area contributed by atoms with Crippen LogP contribution in [0, 0.1) is 0 Å². The van der Waals surface area contributed by atoms with Crippen LogP contribution in [-0.4, -0.2) is 5.78 Å². The fourth-order valence-electron chi connectivity index (χ4n) is 3.34. The molecule has 102 valence electrons. The molecule has 0 spiro atoms. The number of hydrogen-bond donors (Lipinski definition) is 0. The quantitative estimate of drug-likeness (QED) is 0.624. The second kappa shape index (κ2) is 4.85. The van der Waals surface area contributed by atoms with E-state index >= 15 is 0 Å². The molecule has 0 aliphatic heterocycles. The Morgan fingerprint density at radius 2 is 1.57 bits per heavy atom. The van der Waals surface area contributed by atoms with Crippen molar-refractivity contribution in [3.63, 3.8) is 0 Å². The standard InChI is InChI=1S/C20H16O/c21-20-18-8-4-3-6-15(18)11-12-19(20)17-10-9-14-5-1-2-7-16(14)13-17/h1-10,13,19H,11-12H2/t19-/m1/s1.